The molecular weight excluding hydrogens is 219 g/mol. The van der Waals surface area contributed by atoms with E-state index >= 15 is 0 Å². The first-order chi connectivity index (χ1) is 6.77. The van der Waals surface area contributed by atoms with Crippen molar-refractivity contribution >= 4 is 0 Å². The minimum Gasteiger partial charge on any atom is -0.378 e. The first kappa shape index (κ1) is 14.3. The minimum atomic E-state index is -5.54. The lowest BCUT2D eigenvalue weighted by atomic mass is 10.1. The van der Waals surface area contributed by atoms with Crippen molar-refractivity contribution < 1.29 is 26.7 Å². The van der Waals surface area contributed by atoms with Crippen LogP contribution in [0.25, 0.3) is 0 Å². The maximum atomic E-state index is 12.8. The summed E-state index contributed by atoms with van der Waals surface area (Å²) in [6.07, 6.45) is -5.11. The van der Waals surface area contributed by atoms with Gasteiger partial charge in [-0.2, -0.15) is 22.0 Å². The van der Waals surface area contributed by atoms with E-state index in [0.717, 1.165) is 6.08 Å². The topological polar surface area (TPSA) is 9.23 Å². The predicted molar refractivity (Wildman–Crippen MR) is 45.9 cm³/mol. The molecule has 15 heavy (non-hydrogen) atoms. The van der Waals surface area contributed by atoms with Gasteiger partial charge in [0.15, 0.2) is 0 Å². The summed E-state index contributed by atoms with van der Waals surface area (Å²) >= 11 is 0. The van der Waals surface area contributed by atoms with Crippen LogP contribution in [0.1, 0.15) is 20.3 Å². The summed E-state index contributed by atoms with van der Waals surface area (Å²) in [6, 6.07) is 0. The Morgan fingerprint density at radius 2 is 1.67 bits per heavy atom. The molecule has 0 unspecified atom stereocenters. The fraction of sp³-hybridized carbons (Fsp3) is 0.778. The van der Waals surface area contributed by atoms with Crippen LogP contribution < -0.4 is 0 Å². The van der Waals surface area contributed by atoms with Crippen molar-refractivity contribution in [2.45, 2.75) is 32.4 Å². The molecule has 0 aromatic rings. The summed E-state index contributed by atoms with van der Waals surface area (Å²) in [7, 11) is 0. The van der Waals surface area contributed by atoms with Crippen LogP contribution in [0.4, 0.5) is 22.0 Å². The molecule has 0 rings (SSSR count). The fourth-order valence-corrected chi connectivity index (χ4v) is 0.954. The summed E-state index contributed by atoms with van der Waals surface area (Å²) in [5, 5.41) is 0. The van der Waals surface area contributed by atoms with Crippen LogP contribution >= 0.6 is 0 Å². The first-order valence-electron chi connectivity index (χ1n) is 4.49. The minimum absolute atomic E-state index is 0.231. The van der Waals surface area contributed by atoms with E-state index in [1.54, 1.807) is 6.92 Å². The quantitative estimate of drug-likeness (QED) is 0.400. The van der Waals surface area contributed by atoms with Gasteiger partial charge in [-0.3, -0.25) is 0 Å². The highest BCUT2D eigenvalue weighted by Gasteiger charge is 2.59. The van der Waals surface area contributed by atoms with E-state index in [-0.39, 0.29) is 19.6 Å². The van der Waals surface area contributed by atoms with Gasteiger partial charge in [-0.1, -0.05) is 13.0 Å². The Morgan fingerprint density at radius 3 is 2.00 bits per heavy atom. The summed E-state index contributed by atoms with van der Waals surface area (Å²) in [6.45, 7) is 2.91. The molecule has 0 heterocycles. The van der Waals surface area contributed by atoms with Gasteiger partial charge in [0, 0.05) is 12.2 Å². The molecule has 0 saturated carbocycles. The second-order valence-electron chi connectivity index (χ2n) is 2.81. The van der Waals surface area contributed by atoms with Crippen molar-refractivity contribution in [3.8, 4) is 0 Å². The number of ether oxygens (including phenoxy) is 1. The molecule has 0 N–H and O–H groups in total. The molecule has 1 nitrogen and oxygen atoms in total. The largest absolute Gasteiger partial charge is 0.457 e. The van der Waals surface area contributed by atoms with E-state index in [9.17, 15) is 22.0 Å². The molecule has 0 bridgehead atoms. The van der Waals surface area contributed by atoms with Gasteiger partial charge >= 0.3 is 12.1 Å². The Labute approximate surface area is 84.9 Å². The van der Waals surface area contributed by atoms with Crippen molar-refractivity contribution in [3.63, 3.8) is 0 Å². The number of halogens is 5. The van der Waals surface area contributed by atoms with Crippen LogP contribution in [0.5, 0.6) is 0 Å². The standard InChI is InChI=1S/C9H13F5O/c1-3-7(5-6-15-4-2)8(10,11)9(12,13)14/h5H,3-4,6H2,1-2H3. The molecule has 0 spiro atoms. The highest BCUT2D eigenvalue weighted by molar-refractivity contribution is 5.15. The zero-order valence-corrected chi connectivity index (χ0v) is 8.50. The van der Waals surface area contributed by atoms with E-state index in [1.165, 1.54) is 6.92 Å². The van der Waals surface area contributed by atoms with Crippen LogP contribution in [0.15, 0.2) is 11.6 Å². The number of rotatable bonds is 5. The number of allylic oxidation sites excluding steroid dienone is 1. The summed E-state index contributed by atoms with van der Waals surface area (Å²) in [4.78, 5) is 0. The van der Waals surface area contributed by atoms with E-state index in [2.05, 4.69) is 0 Å². The van der Waals surface area contributed by atoms with E-state index < -0.39 is 17.7 Å². The zero-order chi connectivity index (χ0) is 12.1. The lowest BCUT2D eigenvalue weighted by molar-refractivity contribution is -0.265. The van der Waals surface area contributed by atoms with Crippen molar-refractivity contribution in [3.05, 3.63) is 11.6 Å². The second-order valence-corrected chi connectivity index (χ2v) is 2.81. The molecule has 90 valence electrons. The van der Waals surface area contributed by atoms with Gasteiger partial charge < -0.3 is 4.74 Å². The summed E-state index contributed by atoms with van der Waals surface area (Å²) in [5.74, 6) is -4.77. The van der Waals surface area contributed by atoms with Gasteiger partial charge in [0.05, 0.1) is 6.61 Å². The summed E-state index contributed by atoms with van der Waals surface area (Å²) in [5.41, 5.74) is -0.955. The van der Waals surface area contributed by atoms with Crippen molar-refractivity contribution in [2.75, 3.05) is 13.2 Å². The SMILES string of the molecule is CCOCC=C(CC)C(F)(F)C(F)(F)F. The maximum absolute atomic E-state index is 12.8. The molecule has 0 aliphatic heterocycles. The molecule has 0 radical (unpaired) electrons. The molecule has 0 atom stereocenters. The van der Waals surface area contributed by atoms with Crippen molar-refractivity contribution in [1.82, 2.24) is 0 Å². The third kappa shape index (κ3) is 3.77. The van der Waals surface area contributed by atoms with Gasteiger partial charge in [0.1, 0.15) is 0 Å². The highest BCUT2D eigenvalue weighted by Crippen LogP contribution is 2.41. The first-order valence-corrected chi connectivity index (χ1v) is 4.49. The van der Waals surface area contributed by atoms with E-state index in [0.29, 0.717) is 0 Å². The van der Waals surface area contributed by atoms with Gasteiger partial charge in [-0.15, -0.1) is 0 Å². The van der Waals surface area contributed by atoms with Crippen LogP contribution in [0, 0.1) is 0 Å². The van der Waals surface area contributed by atoms with Gasteiger partial charge in [-0.05, 0) is 13.3 Å². The third-order valence-electron chi connectivity index (χ3n) is 1.79. The zero-order valence-electron chi connectivity index (χ0n) is 8.50. The number of alkyl halides is 5. The monoisotopic (exact) mass is 232 g/mol. The maximum Gasteiger partial charge on any atom is 0.457 e. The molecule has 0 saturated heterocycles. The Hall–Kier alpha value is -0.650. The van der Waals surface area contributed by atoms with Crippen molar-refractivity contribution in [2.24, 2.45) is 0 Å². The Balaban J connectivity index is 4.72. The number of hydrogen-bond acceptors (Lipinski definition) is 1. The number of hydrogen-bond donors (Lipinski definition) is 0. The van der Waals surface area contributed by atoms with E-state index in [4.69, 9.17) is 4.74 Å². The van der Waals surface area contributed by atoms with Crippen LogP contribution in [0.2, 0.25) is 0 Å². The lowest BCUT2D eigenvalue weighted by Gasteiger charge is -2.21. The van der Waals surface area contributed by atoms with Gasteiger partial charge in [-0.25, -0.2) is 0 Å². The van der Waals surface area contributed by atoms with Gasteiger partial charge in [0.2, 0.25) is 0 Å². The molecule has 0 aromatic carbocycles. The average molecular weight is 232 g/mol. The molecular formula is C9H13F5O. The molecule has 0 aliphatic carbocycles. The molecule has 0 fully saturated rings. The normalized spacial score (nSPS) is 14.5. The Morgan fingerprint density at radius 1 is 1.13 bits per heavy atom. The lowest BCUT2D eigenvalue weighted by Crippen LogP contribution is -2.38. The Bertz CT molecular complexity index is 219. The Kier molecular flexibility index (Phi) is 5.20. The average Bonchev–Trinajstić information content (AvgIpc) is 2.10. The second kappa shape index (κ2) is 5.44. The molecule has 0 aliphatic rings. The predicted octanol–water partition coefficient (Wildman–Crippen LogP) is 3.56. The smallest absolute Gasteiger partial charge is 0.378 e. The van der Waals surface area contributed by atoms with Crippen LogP contribution in [-0.2, 0) is 4.74 Å². The highest BCUT2D eigenvalue weighted by atomic mass is 19.4. The molecule has 0 aromatic heterocycles. The van der Waals surface area contributed by atoms with Crippen molar-refractivity contribution in [1.29, 1.82) is 0 Å². The van der Waals surface area contributed by atoms with E-state index in [1.807, 2.05) is 0 Å². The molecule has 6 heteroatoms. The third-order valence-corrected chi connectivity index (χ3v) is 1.79. The van der Waals surface area contributed by atoms with Gasteiger partial charge in [0.25, 0.3) is 0 Å². The molecule has 0 amide bonds. The van der Waals surface area contributed by atoms with Crippen LogP contribution in [0.3, 0.4) is 0 Å². The fourth-order valence-electron chi connectivity index (χ4n) is 0.954. The summed E-state index contributed by atoms with van der Waals surface area (Å²) < 4.78 is 66.1. The van der Waals surface area contributed by atoms with Crippen LogP contribution in [-0.4, -0.2) is 25.3 Å².